The van der Waals surface area contributed by atoms with Gasteiger partial charge < -0.3 is 0 Å². The molecule has 2 heterocycles. The number of hydrogen-bond acceptors (Lipinski definition) is 7. The van der Waals surface area contributed by atoms with Gasteiger partial charge in [0.05, 0.1) is 0 Å². The minimum absolute atomic E-state index is 0.0751. The van der Waals surface area contributed by atoms with Gasteiger partial charge in [-0.25, -0.2) is 0 Å². The summed E-state index contributed by atoms with van der Waals surface area (Å²) >= 11 is 1.20. The molecule has 0 unspecified atom stereocenters. The van der Waals surface area contributed by atoms with E-state index in [4.69, 9.17) is 4.74 Å². The molecule has 3 rings (SSSR count). The molecule has 0 bridgehead atoms. The first kappa shape index (κ1) is 25.6. The monoisotopic (exact) mass is 506 g/mol. The zero-order valence-corrected chi connectivity index (χ0v) is 20.2. The molecule has 0 spiro atoms. The van der Waals surface area contributed by atoms with E-state index in [2.05, 4.69) is 15.9 Å². The average molecular weight is 506 g/mol. The summed E-state index contributed by atoms with van der Waals surface area (Å²) in [6, 6.07) is 4.46. The second-order valence-electron chi connectivity index (χ2n) is 7.45. The maximum atomic E-state index is 13.1. The van der Waals surface area contributed by atoms with Crippen LogP contribution >= 0.6 is 19.3 Å². The fraction of sp³-hybridized carbons (Fsp3) is 0.409. The summed E-state index contributed by atoms with van der Waals surface area (Å²) in [5.74, 6) is -1.49. The van der Waals surface area contributed by atoms with Crippen molar-refractivity contribution in [1.29, 1.82) is 0 Å². The van der Waals surface area contributed by atoms with Crippen molar-refractivity contribution < 1.29 is 28.1 Å². The van der Waals surface area contributed by atoms with Crippen LogP contribution in [0.15, 0.2) is 29.6 Å². The standard InChI is InChI=1S/C22H24FN4O5PS/c1-2-3-12-32-22(30)27-10-8-26(9-11-27)21(29)17(13-33-31)24-19(28)18-14-34-20(25-18)15-4-6-16(23)7-5-15/h4-7,14,17H,2-3,8-12H2,1H3,(H,24,28)/t17-/m0/s1. The van der Waals surface area contributed by atoms with E-state index < -0.39 is 31.9 Å². The Morgan fingerprint density at radius 1 is 1.21 bits per heavy atom. The van der Waals surface area contributed by atoms with E-state index in [1.54, 1.807) is 12.1 Å². The van der Waals surface area contributed by atoms with Crippen LogP contribution in [-0.4, -0.2) is 71.5 Å². The summed E-state index contributed by atoms with van der Waals surface area (Å²) in [7, 11) is -0.533. The number of ether oxygens (including phenoxy) is 1. The van der Waals surface area contributed by atoms with Crippen LogP contribution in [0.1, 0.15) is 30.3 Å². The Bertz CT molecular complexity index is 1130. The minimum atomic E-state index is -1.24. The van der Waals surface area contributed by atoms with Crippen molar-refractivity contribution in [1.82, 2.24) is 20.1 Å². The number of piperazine rings is 1. The molecule has 1 aliphatic rings. The van der Waals surface area contributed by atoms with Crippen molar-refractivity contribution in [3.63, 3.8) is 0 Å². The average Bonchev–Trinajstić information content (AvgIpc) is 3.34. The molecule has 9 nitrogen and oxygen atoms in total. The third-order valence-electron chi connectivity index (χ3n) is 5.11. The second kappa shape index (κ2) is 12.5. The molecule has 1 fully saturated rings. The third kappa shape index (κ3) is 6.76. The van der Waals surface area contributed by atoms with Gasteiger partial charge in [-0.2, -0.15) is 0 Å². The van der Waals surface area contributed by atoms with Gasteiger partial charge in [0.25, 0.3) is 0 Å². The van der Waals surface area contributed by atoms with Gasteiger partial charge in [-0.05, 0) is 0 Å². The molecule has 180 valence electrons. The van der Waals surface area contributed by atoms with Crippen molar-refractivity contribution >= 4 is 37.2 Å². The Morgan fingerprint density at radius 2 is 1.88 bits per heavy atom. The van der Waals surface area contributed by atoms with Gasteiger partial charge in [-0.3, -0.25) is 0 Å². The van der Waals surface area contributed by atoms with E-state index in [0.717, 1.165) is 12.8 Å². The molecule has 0 aliphatic carbocycles. The van der Waals surface area contributed by atoms with E-state index >= 15 is 0 Å². The zero-order valence-electron chi connectivity index (χ0n) is 18.5. The summed E-state index contributed by atoms with van der Waals surface area (Å²) in [4.78, 5) is 44.9. The van der Waals surface area contributed by atoms with E-state index in [-0.39, 0.29) is 24.6 Å². The number of hydrogen-bond donors (Lipinski definition) is 1. The Labute approximate surface area is 201 Å². The zero-order chi connectivity index (χ0) is 24.5. The van der Waals surface area contributed by atoms with E-state index in [0.29, 0.717) is 30.3 Å². The van der Waals surface area contributed by atoms with Crippen LogP contribution in [0.2, 0.25) is 0 Å². The van der Waals surface area contributed by atoms with Crippen molar-refractivity contribution in [2.24, 2.45) is 0 Å². The van der Waals surface area contributed by atoms with Gasteiger partial charge in [0.2, 0.25) is 0 Å². The maximum absolute atomic E-state index is 13.1. The molecule has 1 aliphatic heterocycles. The second-order valence-corrected chi connectivity index (χ2v) is 8.75. The predicted octanol–water partition coefficient (Wildman–Crippen LogP) is 3.38. The number of unbranched alkanes of at least 4 members (excludes halogenated alkanes) is 1. The number of rotatable bonds is 7. The summed E-state index contributed by atoms with van der Waals surface area (Å²) in [6.07, 6.45) is 1.29. The number of amides is 3. The van der Waals surface area contributed by atoms with Gasteiger partial charge in [-0.1, -0.05) is 6.92 Å². The van der Waals surface area contributed by atoms with Crippen LogP contribution in [-0.2, 0) is 14.1 Å². The van der Waals surface area contributed by atoms with Crippen LogP contribution < -0.4 is 5.32 Å². The number of benzene rings is 1. The van der Waals surface area contributed by atoms with Crippen LogP contribution in [0.5, 0.6) is 0 Å². The summed E-state index contributed by atoms with van der Waals surface area (Å²) < 4.78 is 29.5. The molecular weight excluding hydrogens is 482 g/mol. The van der Waals surface area contributed by atoms with Crippen molar-refractivity contribution in [2.45, 2.75) is 25.8 Å². The molecule has 0 saturated carbocycles. The molecule has 1 atom stereocenters. The Balaban J connectivity index is 1.59. The van der Waals surface area contributed by atoms with Crippen molar-refractivity contribution in [3.05, 3.63) is 41.2 Å². The number of nitrogens with one attached hydrogen (secondary N) is 1. The SMILES string of the molecule is CCCCOC(=O)N1CCN(C(=O)[C@H](C#P=O)NC(=O)c2csc(-c3ccc(F)cc3)n2)CC1. The number of halogens is 1. The number of aromatic nitrogens is 1. The Morgan fingerprint density at radius 3 is 2.53 bits per heavy atom. The van der Waals surface area contributed by atoms with Crippen LogP contribution in [0.3, 0.4) is 0 Å². The van der Waals surface area contributed by atoms with E-state index in [9.17, 15) is 23.3 Å². The first-order valence-electron chi connectivity index (χ1n) is 10.7. The van der Waals surface area contributed by atoms with E-state index in [1.165, 1.54) is 38.6 Å². The first-order valence-corrected chi connectivity index (χ1v) is 12.4. The fourth-order valence-electron chi connectivity index (χ4n) is 3.20. The molecule has 1 saturated heterocycles. The van der Waals surface area contributed by atoms with Crippen molar-refractivity contribution in [2.75, 3.05) is 32.8 Å². The topological polar surface area (TPSA) is 109 Å². The number of nitrogens with zero attached hydrogens (tertiary/aromatic N) is 3. The quantitative estimate of drug-likeness (QED) is 0.456. The van der Waals surface area contributed by atoms with Gasteiger partial charge >= 0.3 is 194 Å². The first-order chi connectivity index (χ1) is 16.4. The molecule has 3 amide bonds. The molecule has 0 radical (unpaired) electrons. The van der Waals surface area contributed by atoms with Crippen molar-refractivity contribution in [3.8, 4) is 16.2 Å². The van der Waals surface area contributed by atoms with Crippen LogP contribution in [0.25, 0.3) is 10.6 Å². The molecular formula is C22H24FN4O5PS. The van der Waals surface area contributed by atoms with Gasteiger partial charge in [-0.15, -0.1) is 0 Å². The Kier molecular flexibility index (Phi) is 9.39. The van der Waals surface area contributed by atoms with Gasteiger partial charge in [0, 0.05) is 0 Å². The molecule has 2 aromatic rings. The number of thiazole rings is 1. The summed E-state index contributed by atoms with van der Waals surface area (Å²) in [5.41, 5.74) is 3.14. The molecule has 1 aromatic carbocycles. The number of carbonyl (C=O) groups is 3. The van der Waals surface area contributed by atoms with E-state index in [1.807, 2.05) is 6.92 Å². The fourth-order valence-corrected chi connectivity index (χ4v) is 4.28. The molecule has 1 aromatic heterocycles. The van der Waals surface area contributed by atoms with Gasteiger partial charge in [0.1, 0.15) is 0 Å². The molecule has 1 N–H and O–H groups in total. The Hall–Kier alpha value is -3.00. The molecule has 12 heteroatoms. The summed E-state index contributed by atoms with van der Waals surface area (Å²) in [5, 5.41) is 4.54. The number of carbonyl (C=O) groups excluding carboxylic acids is 3. The van der Waals surface area contributed by atoms with Crippen LogP contribution in [0, 0.1) is 11.4 Å². The normalized spacial score (nSPS) is 14.2. The summed E-state index contributed by atoms with van der Waals surface area (Å²) in [6.45, 7) is 3.43. The third-order valence-corrected chi connectivity index (χ3v) is 6.36. The van der Waals surface area contributed by atoms with Gasteiger partial charge in [0.15, 0.2) is 0 Å². The van der Waals surface area contributed by atoms with Crippen LogP contribution in [0.4, 0.5) is 9.18 Å². The predicted molar refractivity (Wildman–Crippen MR) is 125 cm³/mol. The molecule has 34 heavy (non-hydrogen) atoms.